The van der Waals surface area contributed by atoms with Gasteiger partial charge in [-0.15, -0.1) is 5.53 Å². The first-order chi connectivity index (χ1) is 13.7. The van der Waals surface area contributed by atoms with Gasteiger partial charge in [-0.2, -0.15) is 5.10 Å². The fourth-order valence-corrected chi connectivity index (χ4v) is 3.73. The Morgan fingerprint density at radius 1 is 0.929 bits per heavy atom. The smallest absolute Gasteiger partial charge is 0.228 e. The summed E-state index contributed by atoms with van der Waals surface area (Å²) in [5, 5.41) is 9.15. The van der Waals surface area contributed by atoms with Gasteiger partial charge >= 0.3 is 0 Å². The average molecular weight is 390 g/mol. The number of hydrogen-bond donors (Lipinski definition) is 3. The summed E-state index contributed by atoms with van der Waals surface area (Å²) < 4.78 is 0. The van der Waals surface area contributed by atoms with Gasteiger partial charge < -0.3 is 5.32 Å². The minimum Gasteiger partial charge on any atom is -0.325 e. The second-order valence-corrected chi connectivity index (χ2v) is 7.08. The van der Waals surface area contributed by atoms with Crippen molar-refractivity contribution in [3.8, 4) is 22.3 Å². The lowest BCUT2D eigenvalue weighted by molar-refractivity contribution is -0.115. The van der Waals surface area contributed by atoms with E-state index in [1.54, 1.807) is 11.3 Å². The number of benzene rings is 3. The van der Waals surface area contributed by atoms with E-state index in [-0.39, 0.29) is 5.91 Å². The molecule has 3 aromatic rings. The maximum atomic E-state index is 11.6. The molecule has 3 aromatic carbocycles. The number of hydrazine groups is 2. The number of carbonyl (C=O) groups excluding carboxylic acids is 1. The molecular formula is C21H16ClN5O. The zero-order chi connectivity index (χ0) is 19.1. The number of hydrogen-bond acceptors (Lipinski definition) is 5. The minimum atomic E-state index is 0.00759. The number of anilines is 2. The van der Waals surface area contributed by atoms with E-state index in [0.717, 1.165) is 39.2 Å². The molecule has 3 N–H and O–H groups in total. The van der Waals surface area contributed by atoms with Crippen molar-refractivity contribution in [1.29, 1.82) is 0 Å². The first kappa shape index (κ1) is 16.8. The maximum absolute atomic E-state index is 11.6. The number of halogens is 1. The van der Waals surface area contributed by atoms with Crippen molar-refractivity contribution >= 4 is 35.2 Å². The highest BCUT2D eigenvalue weighted by Crippen LogP contribution is 2.36. The second-order valence-electron chi connectivity index (χ2n) is 6.68. The van der Waals surface area contributed by atoms with E-state index in [9.17, 15) is 4.79 Å². The molecule has 6 nitrogen and oxygen atoms in total. The number of nitrogens with one attached hydrogen (secondary N) is 3. The van der Waals surface area contributed by atoms with Crippen LogP contribution in [0.4, 0.5) is 11.4 Å². The lowest BCUT2D eigenvalue weighted by Crippen LogP contribution is -2.37. The van der Waals surface area contributed by atoms with Gasteiger partial charge in [0.05, 0.1) is 17.1 Å². The molecule has 7 heteroatoms. The molecule has 0 aromatic heterocycles. The number of amides is 1. The van der Waals surface area contributed by atoms with E-state index < -0.39 is 0 Å². The molecule has 2 heterocycles. The first-order valence-corrected chi connectivity index (χ1v) is 9.21. The minimum absolute atomic E-state index is 0.00759. The first-order valence-electron chi connectivity index (χ1n) is 8.83. The van der Waals surface area contributed by atoms with Crippen LogP contribution < -0.4 is 21.4 Å². The van der Waals surface area contributed by atoms with Crippen LogP contribution in [0.2, 0.25) is 5.02 Å². The molecule has 0 unspecified atom stereocenters. The largest absolute Gasteiger partial charge is 0.325 e. The molecule has 5 rings (SSSR count). The molecule has 2 aliphatic rings. The van der Waals surface area contributed by atoms with Gasteiger partial charge in [0, 0.05) is 11.3 Å². The predicted octanol–water partition coefficient (Wildman–Crippen LogP) is 3.94. The zero-order valence-electron chi connectivity index (χ0n) is 14.7. The molecule has 0 aliphatic carbocycles. The van der Waals surface area contributed by atoms with Gasteiger partial charge in [0.2, 0.25) is 5.91 Å². The number of rotatable bonds is 3. The van der Waals surface area contributed by atoms with Crippen LogP contribution in [0.15, 0.2) is 65.8 Å². The quantitative estimate of drug-likeness (QED) is 0.634. The van der Waals surface area contributed by atoms with Crippen molar-refractivity contribution in [3.63, 3.8) is 0 Å². The lowest BCUT2D eigenvalue weighted by Gasteiger charge is -2.14. The molecule has 0 fully saturated rings. The van der Waals surface area contributed by atoms with Gasteiger partial charge in [0.25, 0.3) is 0 Å². The van der Waals surface area contributed by atoms with E-state index in [0.29, 0.717) is 11.4 Å². The summed E-state index contributed by atoms with van der Waals surface area (Å²) >= 11 is 6.45. The Hall–Kier alpha value is -3.35. The summed E-state index contributed by atoms with van der Waals surface area (Å²) in [6, 6.07) is 20.3. The SMILES string of the molecule is O=C1Cc2cc(-c3ccc(-c4ccc(N5C=NNN5)cc4)cc3)c(Cl)cc2N1. The molecule has 0 spiro atoms. The third-order valence-corrected chi connectivity index (χ3v) is 5.21. The Morgan fingerprint density at radius 2 is 1.61 bits per heavy atom. The van der Waals surface area contributed by atoms with Gasteiger partial charge in [0.15, 0.2) is 0 Å². The second kappa shape index (κ2) is 6.67. The third-order valence-electron chi connectivity index (χ3n) is 4.90. The Morgan fingerprint density at radius 3 is 2.29 bits per heavy atom. The fraction of sp³-hybridized carbons (Fsp3) is 0.0476. The van der Waals surface area contributed by atoms with E-state index in [1.165, 1.54) is 0 Å². The highest BCUT2D eigenvalue weighted by Gasteiger charge is 2.20. The maximum Gasteiger partial charge on any atom is 0.228 e. The van der Waals surface area contributed by atoms with Crippen LogP contribution in [0.1, 0.15) is 5.56 Å². The van der Waals surface area contributed by atoms with Crippen LogP contribution in [0, 0.1) is 0 Å². The number of carbonyl (C=O) groups is 1. The van der Waals surface area contributed by atoms with Crippen LogP contribution in [0.3, 0.4) is 0 Å². The molecule has 138 valence electrons. The van der Waals surface area contributed by atoms with Gasteiger partial charge in [0.1, 0.15) is 6.34 Å². The van der Waals surface area contributed by atoms with Crippen LogP contribution in [-0.2, 0) is 11.2 Å². The average Bonchev–Trinajstić information content (AvgIpc) is 3.37. The van der Waals surface area contributed by atoms with Gasteiger partial charge in [-0.3, -0.25) is 4.79 Å². The molecule has 1 amide bonds. The number of fused-ring (bicyclic) bond motifs is 1. The fourth-order valence-electron chi connectivity index (χ4n) is 3.46. The van der Waals surface area contributed by atoms with Crippen molar-refractivity contribution in [3.05, 3.63) is 71.2 Å². The molecule has 0 radical (unpaired) electrons. The van der Waals surface area contributed by atoms with Crippen molar-refractivity contribution < 1.29 is 4.79 Å². The number of hydrazone groups is 1. The predicted molar refractivity (Wildman–Crippen MR) is 112 cm³/mol. The highest BCUT2D eigenvalue weighted by molar-refractivity contribution is 6.34. The van der Waals surface area contributed by atoms with Gasteiger partial charge in [-0.05, 0) is 46.5 Å². The van der Waals surface area contributed by atoms with E-state index in [1.807, 2.05) is 24.3 Å². The van der Waals surface area contributed by atoms with Gasteiger partial charge in [-0.25, -0.2) is 10.5 Å². The molecule has 0 saturated heterocycles. The molecule has 28 heavy (non-hydrogen) atoms. The summed E-state index contributed by atoms with van der Waals surface area (Å²) in [5.74, 6) is 0.00759. The van der Waals surface area contributed by atoms with E-state index in [2.05, 4.69) is 57.9 Å². The standard InChI is InChI=1S/C21H16ClN5O/c22-19-11-20-16(10-21(28)24-20)9-18(19)15-3-1-13(2-4-15)14-5-7-17(8-6-14)27-12-23-25-26-27/h1-9,11-12,25-26H,10H2,(H,24,28). The Balaban J connectivity index is 1.41. The van der Waals surface area contributed by atoms with Crippen molar-refractivity contribution in [1.82, 2.24) is 11.1 Å². The van der Waals surface area contributed by atoms with Crippen LogP contribution in [-0.4, -0.2) is 12.2 Å². The summed E-state index contributed by atoms with van der Waals surface area (Å²) in [7, 11) is 0. The van der Waals surface area contributed by atoms with E-state index >= 15 is 0 Å². The molecule has 0 bridgehead atoms. The summed E-state index contributed by atoms with van der Waals surface area (Å²) in [4.78, 5) is 11.6. The normalized spacial score (nSPS) is 14.8. The lowest BCUT2D eigenvalue weighted by atomic mass is 9.98. The van der Waals surface area contributed by atoms with Crippen LogP contribution in [0.5, 0.6) is 0 Å². The van der Waals surface area contributed by atoms with Crippen LogP contribution >= 0.6 is 11.6 Å². The molecule has 0 atom stereocenters. The topological polar surface area (TPSA) is 68.8 Å². The Bertz CT molecular complexity index is 1090. The third kappa shape index (κ3) is 2.98. The number of nitrogens with zero attached hydrogens (tertiary/aromatic N) is 2. The molecule has 2 aliphatic heterocycles. The Labute approximate surface area is 166 Å². The van der Waals surface area contributed by atoms with Crippen molar-refractivity contribution in [2.75, 3.05) is 10.3 Å². The summed E-state index contributed by atoms with van der Waals surface area (Å²) in [5.41, 5.74) is 12.6. The van der Waals surface area contributed by atoms with Crippen molar-refractivity contribution in [2.45, 2.75) is 6.42 Å². The van der Waals surface area contributed by atoms with Crippen molar-refractivity contribution in [2.24, 2.45) is 5.10 Å². The van der Waals surface area contributed by atoms with E-state index in [4.69, 9.17) is 11.6 Å². The Kier molecular flexibility index (Phi) is 4.00. The monoisotopic (exact) mass is 389 g/mol. The highest BCUT2D eigenvalue weighted by atomic mass is 35.5. The molecule has 0 saturated carbocycles. The van der Waals surface area contributed by atoms with Gasteiger partial charge in [-0.1, -0.05) is 48.0 Å². The summed E-state index contributed by atoms with van der Waals surface area (Å²) in [6.45, 7) is 0. The molecular weight excluding hydrogens is 374 g/mol. The summed E-state index contributed by atoms with van der Waals surface area (Å²) in [6.07, 6.45) is 2.07. The van der Waals surface area contributed by atoms with Crippen LogP contribution in [0.25, 0.3) is 22.3 Å². The zero-order valence-corrected chi connectivity index (χ0v) is 15.5.